The molecule has 5 rings (SSSR count). The predicted molar refractivity (Wildman–Crippen MR) is 142 cm³/mol. The summed E-state index contributed by atoms with van der Waals surface area (Å²) in [5, 5.41) is 0. The number of ether oxygens (including phenoxy) is 2. The Balaban J connectivity index is 1.36. The molecule has 2 fully saturated rings. The molecule has 0 N–H and O–H groups in total. The van der Waals surface area contributed by atoms with Gasteiger partial charge in [-0.05, 0) is 68.2 Å². The number of hydrogen-bond donors (Lipinski definition) is 0. The summed E-state index contributed by atoms with van der Waals surface area (Å²) in [5.41, 5.74) is 6.02. The maximum atomic E-state index is 13.6. The number of imidazole rings is 1. The summed E-state index contributed by atoms with van der Waals surface area (Å²) in [5.74, 6) is 0.856. The summed E-state index contributed by atoms with van der Waals surface area (Å²) < 4.78 is 13.1. The van der Waals surface area contributed by atoms with E-state index in [0.717, 1.165) is 79.5 Å². The summed E-state index contributed by atoms with van der Waals surface area (Å²) in [6, 6.07) is 14.6. The molecule has 1 amide bonds. The third-order valence-electron chi connectivity index (χ3n) is 7.11. The first-order chi connectivity index (χ1) is 17.5. The van der Waals surface area contributed by atoms with E-state index in [1.807, 2.05) is 46.9 Å². The second-order valence-electron chi connectivity index (χ2n) is 9.50. The molecule has 0 radical (unpaired) electrons. The van der Waals surface area contributed by atoms with Crippen LogP contribution in [-0.4, -0.2) is 60.3 Å². The summed E-state index contributed by atoms with van der Waals surface area (Å²) >= 11 is 0. The quantitative estimate of drug-likeness (QED) is 0.469. The Labute approximate surface area is 213 Å². The SMILES string of the molecule is COc1cc(C=C2CCCN(C(C)c3cccc(N4CCOCC4)c3)C2=O)ccc1-n1cnc(C)c1. The highest BCUT2D eigenvalue weighted by atomic mass is 16.5. The van der Waals surface area contributed by atoms with Crippen molar-refractivity contribution >= 4 is 17.7 Å². The number of carbonyl (C=O) groups is 1. The standard InChI is InChI=1S/C29H34N4O3/c1-21-19-32(20-30-21)27-10-9-23(17-28(27)35-3)16-25-7-5-11-33(29(25)34)22(2)24-6-4-8-26(18-24)31-12-14-36-15-13-31/h4,6,8-10,16-20,22H,5,7,11-15H2,1-3H3. The van der Waals surface area contributed by atoms with Crippen LogP contribution in [0, 0.1) is 6.92 Å². The highest BCUT2D eigenvalue weighted by Crippen LogP contribution is 2.32. The fourth-order valence-corrected chi connectivity index (χ4v) is 5.07. The Morgan fingerprint density at radius 3 is 2.69 bits per heavy atom. The lowest BCUT2D eigenvalue weighted by Gasteiger charge is -2.35. The van der Waals surface area contributed by atoms with Crippen LogP contribution in [-0.2, 0) is 9.53 Å². The molecule has 7 heteroatoms. The Bertz CT molecular complexity index is 1260. The molecule has 0 saturated carbocycles. The average molecular weight is 487 g/mol. The smallest absolute Gasteiger partial charge is 0.250 e. The largest absolute Gasteiger partial charge is 0.495 e. The lowest BCUT2D eigenvalue weighted by atomic mass is 9.97. The first-order valence-corrected chi connectivity index (χ1v) is 12.7. The fourth-order valence-electron chi connectivity index (χ4n) is 5.07. The molecule has 1 aromatic heterocycles. The maximum Gasteiger partial charge on any atom is 0.250 e. The molecular weight excluding hydrogens is 452 g/mol. The molecule has 2 aromatic carbocycles. The lowest BCUT2D eigenvalue weighted by Crippen LogP contribution is -2.39. The van der Waals surface area contributed by atoms with Crippen molar-refractivity contribution in [3.8, 4) is 11.4 Å². The molecule has 2 aliphatic heterocycles. The molecule has 2 aliphatic rings. The zero-order chi connectivity index (χ0) is 25.1. The summed E-state index contributed by atoms with van der Waals surface area (Å²) in [7, 11) is 1.67. The number of rotatable bonds is 6. The van der Waals surface area contributed by atoms with E-state index in [2.05, 4.69) is 41.1 Å². The first kappa shape index (κ1) is 24.1. The van der Waals surface area contributed by atoms with Gasteiger partial charge in [-0.1, -0.05) is 18.2 Å². The summed E-state index contributed by atoms with van der Waals surface area (Å²) in [6.07, 6.45) is 7.49. The molecular formula is C29H34N4O3. The normalized spacial score (nSPS) is 18.5. The van der Waals surface area contributed by atoms with Crippen LogP contribution in [0.4, 0.5) is 5.69 Å². The van der Waals surface area contributed by atoms with Crippen molar-refractivity contribution in [2.75, 3.05) is 44.9 Å². The van der Waals surface area contributed by atoms with E-state index in [9.17, 15) is 4.79 Å². The van der Waals surface area contributed by atoms with E-state index in [-0.39, 0.29) is 11.9 Å². The van der Waals surface area contributed by atoms with Gasteiger partial charge in [-0.2, -0.15) is 0 Å². The van der Waals surface area contributed by atoms with Crippen molar-refractivity contribution < 1.29 is 14.3 Å². The third-order valence-corrected chi connectivity index (χ3v) is 7.11. The molecule has 0 bridgehead atoms. The van der Waals surface area contributed by atoms with Crippen molar-refractivity contribution in [3.63, 3.8) is 0 Å². The van der Waals surface area contributed by atoms with Crippen molar-refractivity contribution in [2.24, 2.45) is 0 Å². The van der Waals surface area contributed by atoms with Gasteiger partial charge in [0.15, 0.2) is 0 Å². The van der Waals surface area contributed by atoms with E-state index >= 15 is 0 Å². The number of likely N-dealkylation sites (tertiary alicyclic amines) is 1. The number of hydrogen-bond acceptors (Lipinski definition) is 5. The number of amides is 1. The molecule has 3 aromatic rings. The van der Waals surface area contributed by atoms with Gasteiger partial charge in [-0.3, -0.25) is 4.79 Å². The number of methoxy groups -OCH3 is 1. The van der Waals surface area contributed by atoms with Crippen LogP contribution in [0.25, 0.3) is 11.8 Å². The van der Waals surface area contributed by atoms with Crippen LogP contribution in [0.1, 0.15) is 42.6 Å². The minimum atomic E-state index is 0.00332. The van der Waals surface area contributed by atoms with Gasteiger partial charge >= 0.3 is 0 Å². The molecule has 3 heterocycles. The van der Waals surface area contributed by atoms with Gasteiger partial charge in [-0.25, -0.2) is 4.98 Å². The van der Waals surface area contributed by atoms with Crippen molar-refractivity contribution in [1.82, 2.24) is 14.5 Å². The van der Waals surface area contributed by atoms with E-state index < -0.39 is 0 Å². The van der Waals surface area contributed by atoms with Gasteiger partial charge < -0.3 is 23.8 Å². The molecule has 188 valence electrons. The molecule has 1 unspecified atom stereocenters. The molecule has 0 spiro atoms. The molecule has 1 atom stereocenters. The Morgan fingerprint density at radius 1 is 1.11 bits per heavy atom. The number of anilines is 1. The fraction of sp³-hybridized carbons (Fsp3) is 0.379. The number of benzene rings is 2. The molecule has 36 heavy (non-hydrogen) atoms. The maximum absolute atomic E-state index is 13.6. The zero-order valence-electron chi connectivity index (χ0n) is 21.3. The number of piperidine rings is 1. The van der Waals surface area contributed by atoms with Crippen LogP contribution in [0.15, 0.2) is 60.6 Å². The predicted octanol–water partition coefficient (Wildman–Crippen LogP) is 4.79. The van der Waals surface area contributed by atoms with E-state index in [0.29, 0.717) is 0 Å². The lowest BCUT2D eigenvalue weighted by molar-refractivity contribution is -0.130. The number of nitrogens with zero attached hydrogens (tertiary/aromatic N) is 4. The van der Waals surface area contributed by atoms with Crippen LogP contribution in [0.5, 0.6) is 5.75 Å². The van der Waals surface area contributed by atoms with Crippen LogP contribution in [0.3, 0.4) is 0 Å². The van der Waals surface area contributed by atoms with Gasteiger partial charge in [0.1, 0.15) is 5.75 Å². The van der Waals surface area contributed by atoms with Crippen LogP contribution >= 0.6 is 0 Å². The molecule has 2 saturated heterocycles. The average Bonchev–Trinajstić information content (AvgIpc) is 3.36. The van der Waals surface area contributed by atoms with Gasteiger partial charge in [-0.15, -0.1) is 0 Å². The minimum absolute atomic E-state index is 0.00332. The highest BCUT2D eigenvalue weighted by Gasteiger charge is 2.28. The van der Waals surface area contributed by atoms with Gasteiger partial charge in [0.25, 0.3) is 0 Å². The second-order valence-corrected chi connectivity index (χ2v) is 9.50. The zero-order valence-corrected chi connectivity index (χ0v) is 21.3. The van der Waals surface area contributed by atoms with Crippen LogP contribution < -0.4 is 9.64 Å². The minimum Gasteiger partial charge on any atom is -0.495 e. The third kappa shape index (κ3) is 5.02. The van der Waals surface area contributed by atoms with E-state index in [4.69, 9.17) is 9.47 Å². The Kier molecular flexibility index (Phi) is 7.09. The van der Waals surface area contributed by atoms with Crippen LogP contribution in [0.2, 0.25) is 0 Å². The summed E-state index contributed by atoms with van der Waals surface area (Å²) in [6.45, 7) is 8.17. The van der Waals surface area contributed by atoms with Gasteiger partial charge in [0, 0.05) is 37.1 Å². The summed E-state index contributed by atoms with van der Waals surface area (Å²) in [4.78, 5) is 22.2. The first-order valence-electron chi connectivity index (χ1n) is 12.7. The van der Waals surface area contributed by atoms with Crippen molar-refractivity contribution in [1.29, 1.82) is 0 Å². The molecule has 7 nitrogen and oxygen atoms in total. The number of carbonyl (C=O) groups excluding carboxylic acids is 1. The second kappa shape index (κ2) is 10.6. The Hall–Kier alpha value is -3.58. The number of aryl methyl sites for hydroxylation is 1. The van der Waals surface area contributed by atoms with Crippen molar-refractivity contribution in [3.05, 3.63) is 77.4 Å². The monoisotopic (exact) mass is 486 g/mol. The van der Waals surface area contributed by atoms with Gasteiger partial charge in [0.05, 0.1) is 44.1 Å². The van der Waals surface area contributed by atoms with Crippen molar-refractivity contribution in [2.45, 2.75) is 32.7 Å². The molecule has 0 aliphatic carbocycles. The van der Waals surface area contributed by atoms with E-state index in [1.54, 1.807) is 13.4 Å². The number of aromatic nitrogens is 2. The van der Waals surface area contributed by atoms with Gasteiger partial charge in [0.2, 0.25) is 5.91 Å². The number of morpholine rings is 1. The Morgan fingerprint density at radius 2 is 1.94 bits per heavy atom. The highest BCUT2D eigenvalue weighted by molar-refractivity contribution is 5.98. The van der Waals surface area contributed by atoms with E-state index in [1.165, 1.54) is 5.69 Å². The topological polar surface area (TPSA) is 59.8 Å².